The molecule has 82 valence electrons. The first-order valence-electron chi connectivity index (χ1n) is 5.58. The van der Waals surface area contributed by atoms with Crippen molar-refractivity contribution in [3.05, 3.63) is 0 Å². The molecule has 1 saturated carbocycles. The third-order valence-corrected chi connectivity index (χ3v) is 5.04. The lowest BCUT2D eigenvalue weighted by Gasteiger charge is -2.28. The first-order valence-corrected chi connectivity index (χ1v) is 7.41. The quantitative estimate of drug-likeness (QED) is 0.690. The van der Waals surface area contributed by atoms with Crippen LogP contribution < -0.4 is 0 Å². The molecule has 14 heavy (non-hydrogen) atoms. The van der Waals surface area contributed by atoms with Crippen molar-refractivity contribution in [3.8, 4) is 0 Å². The molecular weight excluding hydrogens is 198 g/mol. The molecule has 1 aliphatic heterocycles. The molecule has 0 bridgehead atoms. The molecule has 4 heteroatoms. The lowest BCUT2D eigenvalue weighted by Crippen LogP contribution is -2.42. The Bertz CT molecular complexity index is 266. The molecule has 0 atom stereocenters. The van der Waals surface area contributed by atoms with E-state index in [2.05, 4.69) is 4.90 Å². The van der Waals surface area contributed by atoms with Gasteiger partial charge in [0, 0.05) is 19.6 Å². The summed E-state index contributed by atoms with van der Waals surface area (Å²) in [5.74, 6) is 1.59. The second-order valence-corrected chi connectivity index (χ2v) is 6.91. The van der Waals surface area contributed by atoms with E-state index in [9.17, 15) is 8.42 Å². The number of nitrogens with zero attached hydrogens (tertiary/aromatic N) is 1. The van der Waals surface area contributed by atoms with Gasteiger partial charge in [-0.1, -0.05) is 12.8 Å². The lowest BCUT2D eigenvalue weighted by molar-refractivity contribution is 0.248. The monoisotopic (exact) mass is 217 g/mol. The van der Waals surface area contributed by atoms with E-state index >= 15 is 0 Å². The zero-order chi connectivity index (χ0) is 10.0. The maximum Gasteiger partial charge on any atom is 0.152 e. The summed E-state index contributed by atoms with van der Waals surface area (Å²) in [5.41, 5.74) is 0. The van der Waals surface area contributed by atoms with Gasteiger partial charge in [0.15, 0.2) is 9.84 Å². The molecule has 1 aliphatic carbocycles. The van der Waals surface area contributed by atoms with Gasteiger partial charge in [0.1, 0.15) is 0 Å². The number of hydrogen-bond donors (Lipinski definition) is 0. The van der Waals surface area contributed by atoms with Gasteiger partial charge in [-0.15, -0.1) is 0 Å². The largest absolute Gasteiger partial charge is 0.301 e. The molecule has 2 rings (SSSR count). The Kier molecular flexibility index (Phi) is 3.12. The summed E-state index contributed by atoms with van der Waals surface area (Å²) in [6.45, 7) is 2.66. The van der Waals surface area contributed by atoms with Crippen LogP contribution in [0.1, 0.15) is 25.7 Å². The maximum absolute atomic E-state index is 11.2. The molecule has 0 spiro atoms. The zero-order valence-electron chi connectivity index (χ0n) is 8.61. The summed E-state index contributed by atoms with van der Waals surface area (Å²) in [5, 5.41) is 0. The Labute approximate surface area is 86.4 Å². The van der Waals surface area contributed by atoms with Gasteiger partial charge in [0.2, 0.25) is 0 Å². The van der Waals surface area contributed by atoms with Crippen molar-refractivity contribution < 1.29 is 8.42 Å². The van der Waals surface area contributed by atoms with Crippen molar-refractivity contribution in [2.45, 2.75) is 25.7 Å². The minimum atomic E-state index is -2.69. The van der Waals surface area contributed by atoms with Gasteiger partial charge < -0.3 is 4.90 Å². The number of sulfone groups is 1. The average molecular weight is 217 g/mol. The highest BCUT2D eigenvalue weighted by atomic mass is 32.2. The van der Waals surface area contributed by atoms with E-state index < -0.39 is 9.84 Å². The fourth-order valence-corrected chi connectivity index (χ4v) is 3.77. The topological polar surface area (TPSA) is 37.4 Å². The summed E-state index contributed by atoms with van der Waals surface area (Å²) in [6, 6.07) is 0. The van der Waals surface area contributed by atoms with E-state index in [0.29, 0.717) is 11.5 Å². The minimum absolute atomic E-state index is 0.375. The molecule has 0 aromatic heterocycles. The van der Waals surface area contributed by atoms with E-state index in [1.54, 1.807) is 0 Å². The van der Waals surface area contributed by atoms with Crippen molar-refractivity contribution in [1.82, 2.24) is 4.90 Å². The molecule has 0 unspecified atom stereocenters. The first-order chi connectivity index (χ1) is 6.66. The molecule has 0 aromatic carbocycles. The van der Waals surface area contributed by atoms with Gasteiger partial charge in [0.25, 0.3) is 0 Å². The van der Waals surface area contributed by atoms with Crippen LogP contribution >= 0.6 is 0 Å². The van der Waals surface area contributed by atoms with E-state index in [4.69, 9.17) is 0 Å². The Hall–Kier alpha value is -0.0900. The fraction of sp³-hybridized carbons (Fsp3) is 1.00. The summed E-state index contributed by atoms with van der Waals surface area (Å²) in [7, 11) is -2.69. The Morgan fingerprint density at radius 3 is 2.21 bits per heavy atom. The normalized spacial score (nSPS) is 29.4. The molecule has 0 N–H and O–H groups in total. The summed E-state index contributed by atoms with van der Waals surface area (Å²) >= 11 is 0. The molecule has 2 aliphatic rings. The Morgan fingerprint density at radius 2 is 1.64 bits per heavy atom. The van der Waals surface area contributed by atoms with Crippen molar-refractivity contribution >= 4 is 9.84 Å². The molecular formula is C10H19NO2S. The third-order valence-electron chi connectivity index (χ3n) is 3.43. The second-order valence-electron chi connectivity index (χ2n) is 4.60. The zero-order valence-corrected chi connectivity index (χ0v) is 9.43. The van der Waals surface area contributed by atoms with Crippen molar-refractivity contribution in [2.24, 2.45) is 5.92 Å². The van der Waals surface area contributed by atoms with Crippen LogP contribution in [-0.2, 0) is 9.84 Å². The van der Waals surface area contributed by atoms with Crippen LogP contribution in [0, 0.1) is 5.92 Å². The number of hydrogen-bond acceptors (Lipinski definition) is 3. The predicted octanol–water partition coefficient (Wildman–Crippen LogP) is 0.907. The summed E-state index contributed by atoms with van der Waals surface area (Å²) in [6.07, 6.45) is 5.44. The maximum atomic E-state index is 11.2. The molecule has 3 nitrogen and oxygen atoms in total. The standard InChI is InChI=1S/C10H19NO2S/c12-14(13)7-5-11(6-8-14)9-10-3-1-2-4-10/h10H,1-9H2. The fourth-order valence-electron chi connectivity index (χ4n) is 2.49. The van der Waals surface area contributed by atoms with Gasteiger partial charge in [0.05, 0.1) is 11.5 Å². The van der Waals surface area contributed by atoms with E-state index in [1.807, 2.05) is 0 Å². The van der Waals surface area contributed by atoms with Crippen LogP contribution in [-0.4, -0.2) is 44.5 Å². The average Bonchev–Trinajstić information content (AvgIpc) is 2.61. The molecule has 1 saturated heterocycles. The smallest absolute Gasteiger partial charge is 0.152 e. The molecule has 0 amide bonds. The Balaban J connectivity index is 1.78. The van der Waals surface area contributed by atoms with Crippen LogP contribution in [0.5, 0.6) is 0 Å². The molecule has 0 aromatic rings. The van der Waals surface area contributed by atoms with E-state index in [-0.39, 0.29) is 0 Å². The lowest BCUT2D eigenvalue weighted by atomic mass is 10.1. The van der Waals surface area contributed by atoms with Gasteiger partial charge in [-0.05, 0) is 18.8 Å². The highest BCUT2D eigenvalue weighted by Gasteiger charge is 2.24. The van der Waals surface area contributed by atoms with Gasteiger partial charge in [-0.25, -0.2) is 8.42 Å². The molecule has 0 radical (unpaired) electrons. The van der Waals surface area contributed by atoms with Crippen LogP contribution in [0.3, 0.4) is 0 Å². The Morgan fingerprint density at radius 1 is 1.07 bits per heavy atom. The van der Waals surface area contributed by atoms with E-state index in [1.165, 1.54) is 25.7 Å². The molecule has 1 heterocycles. The second kappa shape index (κ2) is 4.19. The minimum Gasteiger partial charge on any atom is -0.301 e. The summed E-state index contributed by atoms with van der Waals surface area (Å²) < 4.78 is 22.4. The predicted molar refractivity (Wildman–Crippen MR) is 57.1 cm³/mol. The van der Waals surface area contributed by atoms with Gasteiger partial charge in [-0.2, -0.15) is 0 Å². The van der Waals surface area contributed by atoms with Crippen LogP contribution in [0.25, 0.3) is 0 Å². The van der Waals surface area contributed by atoms with Crippen molar-refractivity contribution in [2.75, 3.05) is 31.1 Å². The van der Waals surface area contributed by atoms with Gasteiger partial charge in [-0.3, -0.25) is 0 Å². The third kappa shape index (κ3) is 2.70. The van der Waals surface area contributed by atoms with Crippen LogP contribution in [0.2, 0.25) is 0 Å². The molecule has 2 fully saturated rings. The van der Waals surface area contributed by atoms with Crippen molar-refractivity contribution in [1.29, 1.82) is 0 Å². The van der Waals surface area contributed by atoms with E-state index in [0.717, 1.165) is 25.6 Å². The van der Waals surface area contributed by atoms with Crippen LogP contribution in [0.15, 0.2) is 0 Å². The first kappa shape index (κ1) is 10.4. The van der Waals surface area contributed by atoms with Crippen LogP contribution in [0.4, 0.5) is 0 Å². The SMILES string of the molecule is O=S1(=O)CCN(CC2CCCC2)CC1. The highest BCUT2D eigenvalue weighted by Crippen LogP contribution is 2.25. The highest BCUT2D eigenvalue weighted by molar-refractivity contribution is 7.91. The van der Waals surface area contributed by atoms with Gasteiger partial charge >= 0.3 is 0 Å². The summed E-state index contributed by atoms with van der Waals surface area (Å²) in [4.78, 5) is 2.33. The number of rotatable bonds is 2. The van der Waals surface area contributed by atoms with Crippen molar-refractivity contribution in [3.63, 3.8) is 0 Å².